The van der Waals surface area contributed by atoms with E-state index >= 15 is 0 Å². The lowest BCUT2D eigenvalue weighted by molar-refractivity contribution is -0.383. The molecular weight excluding hydrogens is 1770 g/mol. The number of H-pyrrole nitrogens is 4. The van der Waals surface area contributed by atoms with Gasteiger partial charge in [0, 0.05) is 86.7 Å². The van der Waals surface area contributed by atoms with Gasteiger partial charge in [-0.15, -0.1) is 0 Å². The number of para-hydroxylation sites is 5. The number of nitrogens with zero attached hydrogens (tertiary/aromatic N) is 26. The summed E-state index contributed by atoms with van der Waals surface area (Å²) in [6.45, 7) is 18.6. The van der Waals surface area contributed by atoms with Crippen LogP contribution in [0.25, 0.3) is 106 Å². The number of ether oxygens (including phenoxy) is 5. The second-order valence-electron chi connectivity index (χ2n) is 31.1. The van der Waals surface area contributed by atoms with Gasteiger partial charge in [0.05, 0.1) is 152 Å². The Labute approximate surface area is 765 Å². The number of aromatic amines is 4. The maximum absolute atomic E-state index is 12.3. The molecule has 44 nitrogen and oxygen atoms in total. The molecule has 678 valence electrons. The number of nitrogens with one attached hydrogen (secondary N) is 8. The van der Waals surface area contributed by atoms with Crippen LogP contribution in [0.1, 0.15) is 60.5 Å². The number of anilines is 8. The lowest BCUT2D eigenvalue weighted by Crippen LogP contribution is -2.37. The lowest BCUT2D eigenvalue weighted by Gasteiger charge is -2.27. The molecule has 23 rings (SSSR count). The molecule has 15 aromatic heterocycles. The first-order chi connectivity index (χ1) is 65.2. The predicted octanol–water partition coefficient (Wildman–Crippen LogP) is 12.3. The maximum atomic E-state index is 12.3. The number of aromatic nitrogens is 24. The van der Waals surface area contributed by atoms with Crippen molar-refractivity contribution in [1.29, 1.82) is 0 Å². The zero-order chi connectivity index (χ0) is 90.4. The van der Waals surface area contributed by atoms with E-state index in [9.17, 15) is 25.0 Å². The summed E-state index contributed by atoms with van der Waals surface area (Å²) in [4.78, 5) is 130. The van der Waals surface area contributed by atoms with Gasteiger partial charge in [0.15, 0.2) is 79.0 Å². The fourth-order valence-corrected chi connectivity index (χ4v) is 17.6. The van der Waals surface area contributed by atoms with Crippen LogP contribution in [0.2, 0.25) is 0 Å². The number of imidazole rings is 8. The van der Waals surface area contributed by atoms with Crippen molar-refractivity contribution in [2.75, 3.05) is 153 Å². The SMILES string of the molecule is CC(C)n1cnc2c(NCc3nc4c([N+](=O)[O-])cccc4[nH]3)nc(N3CCOCC3)nc21.CCOC(=O)c1cccc2[nH]c(CNc3nc(N4CCOCC4)nc4c3ncn4-c3ccsc3)nc12.O=[N+]([O-])c1cccc2[nH]c(CNc3nc(N4CCOCC4)nc4c3ncn4-c3ccsc3)nc12.c1ccc2[nH]c(CNc3nc(N4CCOCC4)nc4c3ncn4-c3ccsc3)nc2c1. The number of benzene rings is 4. The minimum Gasteiger partial charge on any atom is -0.462 e. The molecule has 8 N–H and O–H groups in total. The molecule has 19 aromatic rings. The number of esters is 1. The van der Waals surface area contributed by atoms with Crippen molar-refractivity contribution in [2.45, 2.75) is 53.0 Å². The molecule has 47 heteroatoms. The van der Waals surface area contributed by atoms with Crippen molar-refractivity contribution < 1.29 is 38.3 Å². The summed E-state index contributed by atoms with van der Waals surface area (Å²) in [6.07, 6.45) is 7.07. The van der Waals surface area contributed by atoms with Gasteiger partial charge >= 0.3 is 5.97 Å². The topological polar surface area (TPSA) is 500 Å². The fourth-order valence-electron chi connectivity index (χ4n) is 15.7. The number of nitro benzene ring substituents is 2. The molecule has 133 heavy (non-hydrogen) atoms. The van der Waals surface area contributed by atoms with Gasteiger partial charge in [-0.25, -0.2) is 44.7 Å². The van der Waals surface area contributed by atoms with Crippen molar-refractivity contribution >= 4 is 187 Å². The smallest absolute Gasteiger partial charge is 0.340 e. The molecule has 4 aliphatic rings. The third-order valence-electron chi connectivity index (χ3n) is 22.3. The van der Waals surface area contributed by atoms with Crippen LogP contribution in [0, 0.1) is 20.2 Å². The number of nitro groups is 2. The molecule has 0 spiro atoms. The Hall–Kier alpha value is -15.4. The van der Waals surface area contributed by atoms with Crippen LogP contribution in [0.15, 0.2) is 155 Å². The molecule has 0 saturated carbocycles. The zero-order valence-electron chi connectivity index (χ0n) is 71.9. The third-order valence-corrected chi connectivity index (χ3v) is 24.3. The van der Waals surface area contributed by atoms with E-state index in [4.69, 9.17) is 63.6 Å². The average Bonchev–Trinajstić information content (AvgIpc) is 1.59. The van der Waals surface area contributed by atoms with Gasteiger partial charge in [-0.05, 0) is 91.5 Å². The number of morpholine rings is 4. The van der Waals surface area contributed by atoms with Crippen LogP contribution in [0.3, 0.4) is 0 Å². The van der Waals surface area contributed by atoms with Crippen molar-refractivity contribution in [1.82, 2.24) is 118 Å². The number of rotatable bonds is 24. The minimum absolute atomic E-state index is 0.0280. The normalized spacial score (nSPS) is 14.3. The summed E-state index contributed by atoms with van der Waals surface area (Å²) in [5.74, 6) is 7.22. The number of hydrogen-bond donors (Lipinski definition) is 8. The molecule has 0 radical (unpaired) electrons. The van der Waals surface area contributed by atoms with Crippen LogP contribution in [0.4, 0.5) is 58.4 Å². The van der Waals surface area contributed by atoms with Crippen molar-refractivity contribution in [3.63, 3.8) is 0 Å². The van der Waals surface area contributed by atoms with Gasteiger partial charge in [0.2, 0.25) is 23.8 Å². The summed E-state index contributed by atoms with van der Waals surface area (Å²) in [5.41, 5.74) is 14.2. The van der Waals surface area contributed by atoms with E-state index in [2.05, 4.69) is 131 Å². The monoisotopic (exact) mass is 1850 g/mol. The summed E-state index contributed by atoms with van der Waals surface area (Å²) in [6, 6.07) is 29.4. The van der Waals surface area contributed by atoms with Crippen LogP contribution in [-0.4, -0.2) is 246 Å². The highest BCUT2D eigenvalue weighted by Gasteiger charge is 2.29. The standard InChI is InChI=1S/C24H24N8O3S.C21H19N9O3S.C21H20N8OS.C20H23N9O3/c1-2-35-23(33)16-4-3-5-17-19(16)28-18(27-17)12-25-21-20-22(32(14-26-20)15-6-11-36-13-15)30-24(29-21)31-7-9-34-10-8-31;31-30(32)15-3-1-2-14-17(15)25-16(24-14)10-22-19-18-20(29(12-23-18)13-4-9-34-11-13)27-21(26-19)28-5-7-33-8-6-28;1-2-4-16-15(3-1)24-17(25-16)11-22-19-18-20(29(13-23-18)14-5-10-31-12-14)27-21(26-19)28-6-8-30-9-7-28;1-12(2)28-11-22-17-18(25-20(26-19(17)28)27-6-8-32-9-7-27)21-10-15-23-13-4-3-5-14(29(30)31)16(13)24-15/h3-6,11,13-14H,2,7-10,12H2,1H3,(H,27,28)(H,25,29,30);1-4,9,11-12H,5-8,10H2,(H,24,25)(H,22,26,27);1-5,10,12-13H,6-9,11H2,(H,24,25)(H,22,26,27);3-5,11-12H,6-10H2,1-2H3,(H,23,24)(H,21,25,26). The molecule has 0 amide bonds. The van der Waals surface area contributed by atoms with Crippen molar-refractivity contribution in [2.24, 2.45) is 0 Å². The number of carbonyl (C=O) groups excluding carboxylic acids is 1. The van der Waals surface area contributed by atoms with Gasteiger partial charge in [-0.3, -0.25) is 33.9 Å². The van der Waals surface area contributed by atoms with Gasteiger partial charge in [-0.2, -0.15) is 73.9 Å². The van der Waals surface area contributed by atoms with Crippen LogP contribution >= 0.6 is 34.0 Å². The molecule has 0 atom stereocenters. The summed E-state index contributed by atoms with van der Waals surface area (Å²) >= 11 is 4.86. The quantitative estimate of drug-likeness (QED) is 0.0158. The summed E-state index contributed by atoms with van der Waals surface area (Å²) < 4.78 is 35.0. The highest BCUT2D eigenvalue weighted by atomic mass is 32.1. The Kier molecular flexibility index (Phi) is 24.7. The zero-order valence-corrected chi connectivity index (χ0v) is 74.3. The molecule has 19 heterocycles. The Morgan fingerprint density at radius 2 is 0.744 bits per heavy atom. The average molecular weight is 1850 g/mol. The number of non-ortho nitro benzene ring substituents is 2. The Bertz CT molecular complexity index is 7330. The van der Waals surface area contributed by atoms with Crippen molar-refractivity contribution in [3.05, 3.63) is 204 Å². The van der Waals surface area contributed by atoms with Gasteiger partial charge in [-0.1, -0.05) is 30.3 Å². The first-order valence-corrected chi connectivity index (χ1v) is 45.7. The Morgan fingerprint density at radius 1 is 0.406 bits per heavy atom. The van der Waals surface area contributed by atoms with Gasteiger partial charge in [0.1, 0.15) is 47.8 Å². The molecular formula is C86H86N34O10S3. The van der Waals surface area contributed by atoms with Gasteiger partial charge < -0.3 is 89.1 Å². The predicted molar refractivity (Wildman–Crippen MR) is 504 cm³/mol. The molecule has 4 saturated heterocycles. The number of thiophene rings is 3. The van der Waals surface area contributed by atoms with E-state index in [-0.39, 0.29) is 29.9 Å². The van der Waals surface area contributed by atoms with E-state index in [1.54, 1.807) is 96.6 Å². The third kappa shape index (κ3) is 18.2. The number of carbonyl (C=O) groups is 1. The maximum Gasteiger partial charge on any atom is 0.340 e. The molecule has 4 aliphatic heterocycles. The first kappa shape index (κ1) is 85.7. The van der Waals surface area contributed by atoms with E-state index < -0.39 is 9.85 Å². The van der Waals surface area contributed by atoms with E-state index in [1.165, 1.54) is 12.1 Å². The highest BCUT2D eigenvalue weighted by Crippen LogP contribution is 2.35. The Balaban J connectivity index is 0.000000110. The highest BCUT2D eigenvalue weighted by molar-refractivity contribution is 7.08. The largest absolute Gasteiger partial charge is 0.462 e. The Morgan fingerprint density at radius 3 is 1.11 bits per heavy atom. The van der Waals surface area contributed by atoms with E-state index in [0.29, 0.717) is 225 Å². The fraction of sp³-hybridized carbons (Fsp3) is 0.291. The molecule has 4 fully saturated rings. The molecule has 4 aromatic carbocycles. The summed E-state index contributed by atoms with van der Waals surface area (Å²) in [7, 11) is 0. The number of fused-ring (bicyclic) bond motifs is 8. The van der Waals surface area contributed by atoms with Crippen LogP contribution in [0.5, 0.6) is 0 Å². The molecule has 0 unspecified atom stereocenters. The van der Waals surface area contributed by atoms with Crippen molar-refractivity contribution in [3.8, 4) is 17.1 Å². The number of hydrogen-bond acceptors (Lipinski definition) is 37. The second kappa shape index (κ2) is 38.3. The van der Waals surface area contributed by atoms with Crippen LogP contribution < -0.4 is 40.9 Å². The first-order valence-electron chi connectivity index (χ1n) is 42.9. The van der Waals surface area contributed by atoms with E-state index in [0.717, 1.165) is 88.1 Å². The van der Waals surface area contributed by atoms with Crippen LogP contribution in [-0.2, 0) is 49.9 Å². The minimum atomic E-state index is -0.431. The lowest BCUT2D eigenvalue weighted by atomic mass is 10.2. The molecule has 0 aliphatic carbocycles. The van der Waals surface area contributed by atoms with Gasteiger partial charge in [0.25, 0.3) is 11.4 Å². The second-order valence-corrected chi connectivity index (χ2v) is 33.4. The molecule has 0 bridgehead atoms. The van der Waals surface area contributed by atoms with E-state index in [1.807, 2.05) is 88.3 Å². The summed E-state index contributed by atoms with van der Waals surface area (Å²) in [5, 5.41) is 48.3.